The molecule has 4 aromatic rings. The molecule has 1 aliphatic heterocycles. The summed E-state index contributed by atoms with van der Waals surface area (Å²) in [7, 11) is 0. The summed E-state index contributed by atoms with van der Waals surface area (Å²) in [4.78, 5) is 27.8. The predicted octanol–water partition coefficient (Wildman–Crippen LogP) is 6.09. The molecular weight excluding hydrogens is 518 g/mol. The molecule has 1 fully saturated rings. The zero-order valence-corrected chi connectivity index (χ0v) is 23.6. The number of aliphatic carboxylic acids is 1. The molecule has 1 aliphatic rings. The number of carboxylic acids is 1. The standard InChI is InChI=1S/C32H35N5O4/c1-4-40-26-11-5-6-12-27(26)41-24-9-8-18-37(21-24)30-20-33-19-29(36-30)35-28-13-7-10-25(34-28)22-14-16-23(17-15-22)32(2,3)31(38)39/h5-7,10-17,19-20,24H,4,8-9,18,21H2,1-3H3,(H,38,39)(H,34,35,36). The number of ether oxygens (including phenoxy) is 2. The second-order valence-corrected chi connectivity index (χ2v) is 10.5. The Labute approximate surface area is 240 Å². The molecule has 212 valence electrons. The average molecular weight is 554 g/mol. The highest BCUT2D eigenvalue weighted by atomic mass is 16.5. The molecule has 2 N–H and O–H groups in total. The molecule has 1 saturated heterocycles. The topological polar surface area (TPSA) is 110 Å². The number of nitrogens with one attached hydrogen (secondary N) is 1. The number of carbonyl (C=O) groups is 1. The highest BCUT2D eigenvalue weighted by Crippen LogP contribution is 2.30. The number of anilines is 3. The monoisotopic (exact) mass is 553 g/mol. The second-order valence-electron chi connectivity index (χ2n) is 10.5. The van der Waals surface area contributed by atoms with Crippen molar-refractivity contribution in [3.8, 4) is 22.8 Å². The second kappa shape index (κ2) is 12.2. The van der Waals surface area contributed by atoms with Gasteiger partial charge in [0.25, 0.3) is 0 Å². The number of rotatable bonds is 10. The van der Waals surface area contributed by atoms with Crippen molar-refractivity contribution in [1.29, 1.82) is 0 Å². The maximum atomic E-state index is 11.6. The van der Waals surface area contributed by atoms with Crippen LogP contribution in [0.1, 0.15) is 39.2 Å². The number of para-hydroxylation sites is 2. The number of hydrogen-bond acceptors (Lipinski definition) is 8. The van der Waals surface area contributed by atoms with Crippen LogP contribution in [0.15, 0.2) is 79.1 Å². The number of nitrogens with zero attached hydrogens (tertiary/aromatic N) is 4. The zero-order chi connectivity index (χ0) is 28.8. The van der Waals surface area contributed by atoms with Crippen molar-refractivity contribution in [2.45, 2.75) is 45.1 Å². The first-order chi connectivity index (χ1) is 19.8. The van der Waals surface area contributed by atoms with Gasteiger partial charge in [-0.05, 0) is 63.4 Å². The van der Waals surface area contributed by atoms with Crippen LogP contribution >= 0.6 is 0 Å². The summed E-state index contributed by atoms with van der Waals surface area (Å²) >= 11 is 0. The Balaban J connectivity index is 1.27. The lowest BCUT2D eigenvalue weighted by Gasteiger charge is -2.33. The summed E-state index contributed by atoms with van der Waals surface area (Å²) in [5.41, 5.74) is 1.43. The van der Waals surface area contributed by atoms with Crippen LogP contribution in [0.4, 0.5) is 17.5 Å². The number of piperidine rings is 1. The molecule has 5 rings (SSSR count). The lowest BCUT2D eigenvalue weighted by molar-refractivity contribution is -0.142. The van der Waals surface area contributed by atoms with Crippen LogP contribution in [0.25, 0.3) is 11.3 Å². The van der Waals surface area contributed by atoms with Crippen LogP contribution in [0.3, 0.4) is 0 Å². The first-order valence-electron chi connectivity index (χ1n) is 13.9. The van der Waals surface area contributed by atoms with E-state index in [0.29, 0.717) is 24.8 Å². The Kier molecular flexibility index (Phi) is 8.33. The fourth-order valence-electron chi connectivity index (χ4n) is 4.79. The third-order valence-corrected chi connectivity index (χ3v) is 7.21. The van der Waals surface area contributed by atoms with E-state index >= 15 is 0 Å². The maximum absolute atomic E-state index is 11.6. The third kappa shape index (κ3) is 6.57. The van der Waals surface area contributed by atoms with Gasteiger partial charge in [0.1, 0.15) is 17.7 Å². The first kappa shape index (κ1) is 27.9. The van der Waals surface area contributed by atoms with Gasteiger partial charge in [0.2, 0.25) is 0 Å². The first-order valence-corrected chi connectivity index (χ1v) is 13.9. The fraction of sp³-hybridized carbons (Fsp3) is 0.312. The minimum Gasteiger partial charge on any atom is -0.490 e. The van der Waals surface area contributed by atoms with E-state index < -0.39 is 11.4 Å². The van der Waals surface area contributed by atoms with Crippen molar-refractivity contribution >= 4 is 23.4 Å². The molecular formula is C32H35N5O4. The van der Waals surface area contributed by atoms with Gasteiger partial charge in [-0.3, -0.25) is 9.78 Å². The van der Waals surface area contributed by atoms with E-state index in [2.05, 4.69) is 15.2 Å². The number of aromatic nitrogens is 3. The molecule has 1 unspecified atom stereocenters. The smallest absolute Gasteiger partial charge is 0.313 e. The minimum absolute atomic E-state index is 0.00887. The lowest BCUT2D eigenvalue weighted by atomic mass is 9.84. The Bertz CT molecular complexity index is 1490. The van der Waals surface area contributed by atoms with Crippen LogP contribution in [-0.2, 0) is 10.2 Å². The quantitative estimate of drug-likeness (QED) is 0.241. The molecule has 0 spiro atoms. The van der Waals surface area contributed by atoms with Crippen molar-refractivity contribution in [3.63, 3.8) is 0 Å². The maximum Gasteiger partial charge on any atom is 0.313 e. The van der Waals surface area contributed by atoms with Gasteiger partial charge in [-0.2, -0.15) is 0 Å². The fourth-order valence-corrected chi connectivity index (χ4v) is 4.79. The van der Waals surface area contributed by atoms with Crippen molar-refractivity contribution in [2.24, 2.45) is 0 Å². The van der Waals surface area contributed by atoms with Gasteiger partial charge in [0, 0.05) is 12.1 Å². The van der Waals surface area contributed by atoms with E-state index in [1.165, 1.54) is 0 Å². The molecule has 2 aromatic carbocycles. The van der Waals surface area contributed by atoms with Crippen molar-refractivity contribution in [2.75, 3.05) is 29.9 Å². The number of pyridine rings is 1. The Morgan fingerprint density at radius 3 is 2.54 bits per heavy atom. The van der Waals surface area contributed by atoms with E-state index in [4.69, 9.17) is 19.4 Å². The minimum atomic E-state index is -0.965. The number of hydrogen-bond donors (Lipinski definition) is 2. The SMILES string of the molecule is CCOc1ccccc1OC1CCCN(c2cncc(Nc3cccc(-c4ccc(C(C)(C)C(=O)O)cc4)n3)n2)C1. The summed E-state index contributed by atoms with van der Waals surface area (Å²) < 4.78 is 12.1. The van der Waals surface area contributed by atoms with E-state index in [1.54, 1.807) is 26.2 Å². The molecule has 0 amide bonds. The average Bonchev–Trinajstić information content (AvgIpc) is 2.99. The highest BCUT2D eigenvalue weighted by molar-refractivity contribution is 5.80. The summed E-state index contributed by atoms with van der Waals surface area (Å²) in [6.45, 7) is 7.50. The van der Waals surface area contributed by atoms with Gasteiger partial charge in [0.05, 0.1) is 36.7 Å². The zero-order valence-electron chi connectivity index (χ0n) is 23.6. The molecule has 9 nitrogen and oxygen atoms in total. The molecule has 3 heterocycles. The van der Waals surface area contributed by atoms with Gasteiger partial charge >= 0.3 is 5.97 Å². The normalized spacial score (nSPS) is 15.3. The molecule has 41 heavy (non-hydrogen) atoms. The Hall–Kier alpha value is -4.66. The van der Waals surface area contributed by atoms with Crippen molar-refractivity contribution in [3.05, 3.63) is 84.7 Å². The third-order valence-electron chi connectivity index (χ3n) is 7.21. The molecule has 0 bridgehead atoms. The Morgan fingerprint density at radius 2 is 1.78 bits per heavy atom. The van der Waals surface area contributed by atoms with E-state index in [1.807, 2.05) is 73.7 Å². The van der Waals surface area contributed by atoms with Gasteiger partial charge in [-0.15, -0.1) is 0 Å². The van der Waals surface area contributed by atoms with E-state index in [9.17, 15) is 9.90 Å². The van der Waals surface area contributed by atoms with Gasteiger partial charge in [-0.25, -0.2) is 9.97 Å². The molecule has 9 heteroatoms. The number of benzene rings is 2. The summed E-state index contributed by atoms with van der Waals surface area (Å²) in [6, 6.07) is 21.0. The van der Waals surface area contributed by atoms with E-state index in [0.717, 1.165) is 53.5 Å². The van der Waals surface area contributed by atoms with E-state index in [-0.39, 0.29) is 6.10 Å². The predicted molar refractivity (Wildman–Crippen MR) is 159 cm³/mol. The van der Waals surface area contributed by atoms with Crippen molar-refractivity contribution in [1.82, 2.24) is 15.0 Å². The highest BCUT2D eigenvalue weighted by Gasteiger charge is 2.29. The van der Waals surface area contributed by atoms with Crippen LogP contribution in [0.5, 0.6) is 11.5 Å². The Morgan fingerprint density at radius 1 is 1.00 bits per heavy atom. The number of carboxylic acid groups (broad SMARTS) is 1. The van der Waals surface area contributed by atoms with Gasteiger partial charge in [-0.1, -0.05) is 42.5 Å². The van der Waals surface area contributed by atoms with Crippen LogP contribution in [0.2, 0.25) is 0 Å². The van der Waals surface area contributed by atoms with Crippen molar-refractivity contribution < 1.29 is 19.4 Å². The van der Waals surface area contributed by atoms with Crippen LogP contribution in [-0.4, -0.2) is 51.8 Å². The van der Waals surface area contributed by atoms with Crippen LogP contribution < -0.4 is 19.7 Å². The van der Waals surface area contributed by atoms with Gasteiger partial charge < -0.3 is 24.8 Å². The summed E-state index contributed by atoms with van der Waals surface area (Å²) in [5, 5.41) is 12.8. The summed E-state index contributed by atoms with van der Waals surface area (Å²) in [5.74, 6) is 2.65. The summed E-state index contributed by atoms with van der Waals surface area (Å²) in [6.07, 6.45) is 5.39. The molecule has 2 aromatic heterocycles. The molecule has 1 atom stereocenters. The lowest BCUT2D eigenvalue weighted by Crippen LogP contribution is -2.41. The molecule has 0 aliphatic carbocycles. The molecule has 0 saturated carbocycles. The van der Waals surface area contributed by atoms with Crippen LogP contribution in [0, 0.1) is 0 Å². The van der Waals surface area contributed by atoms with Gasteiger partial charge in [0.15, 0.2) is 17.3 Å². The molecule has 0 radical (unpaired) electrons. The largest absolute Gasteiger partial charge is 0.490 e.